The fourth-order valence-corrected chi connectivity index (χ4v) is 4.08. The van der Waals surface area contributed by atoms with Crippen LogP contribution in [0.15, 0.2) is 28.6 Å². The maximum atomic E-state index is 6.30. The molecule has 1 saturated carbocycles. The quantitative estimate of drug-likeness (QED) is 0.299. The average Bonchev–Trinajstić information content (AvgIpc) is 3.40. The van der Waals surface area contributed by atoms with Crippen molar-refractivity contribution in [1.29, 1.82) is 0 Å². The number of nitrogens with one attached hydrogen (secondary N) is 2. The van der Waals surface area contributed by atoms with E-state index in [4.69, 9.17) is 9.47 Å². The third-order valence-electron chi connectivity index (χ3n) is 4.88. The van der Waals surface area contributed by atoms with Crippen molar-refractivity contribution in [3.8, 4) is 11.5 Å². The zero-order valence-electron chi connectivity index (χ0n) is 17.4. The number of guanidine groups is 1. The van der Waals surface area contributed by atoms with E-state index in [1.54, 1.807) is 25.5 Å². The summed E-state index contributed by atoms with van der Waals surface area (Å²) in [7, 11) is 3.46. The maximum Gasteiger partial charge on any atom is 0.191 e. The van der Waals surface area contributed by atoms with Gasteiger partial charge in [-0.3, -0.25) is 4.99 Å². The van der Waals surface area contributed by atoms with Crippen LogP contribution < -0.4 is 20.1 Å². The van der Waals surface area contributed by atoms with E-state index in [1.807, 2.05) is 12.1 Å². The van der Waals surface area contributed by atoms with E-state index in [0.29, 0.717) is 13.1 Å². The van der Waals surface area contributed by atoms with Crippen molar-refractivity contribution < 1.29 is 9.47 Å². The zero-order valence-corrected chi connectivity index (χ0v) is 20.5. The third kappa shape index (κ3) is 6.74. The molecule has 0 atom stereocenters. The SMILES string of the molecule is CCc1nc(CNC(=NC)NCc2cccc(OC)c2OC2CCCC2)cs1.I. The van der Waals surface area contributed by atoms with Gasteiger partial charge in [-0.25, -0.2) is 4.98 Å². The summed E-state index contributed by atoms with van der Waals surface area (Å²) in [4.78, 5) is 8.90. The Hall–Kier alpha value is -1.55. The molecule has 1 aromatic carbocycles. The highest BCUT2D eigenvalue weighted by atomic mass is 127. The van der Waals surface area contributed by atoms with Gasteiger partial charge < -0.3 is 20.1 Å². The predicted octanol–water partition coefficient (Wildman–Crippen LogP) is 4.52. The van der Waals surface area contributed by atoms with Gasteiger partial charge >= 0.3 is 0 Å². The highest BCUT2D eigenvalue weighted by Gasteiger charge is 2.20. The molecule has 0 aliphatic heterocycles. The highest BCUT2D eigenvalue weighted by Crippen LogP contribution is 2.34. The molecule has 0 saturated heterocycles. The van der Waals surface area contributed by atoms with Crippen LogP contribution in [0.25, 0.3) is 0 Å². The summed E-state index contributed by atoms with van der Waals surface area (Å²) in [5.41, 5.74) is 2.10. The first kappa shape index (κ1) is 23.7. The lowest BCUT2D eigenvalue weighted by Crippen LogP contribution is -2.36. The molecule has 3 rings (SSSR count). The molecule has 1 aromatic heterocycles. The smallest absolute Gasteiger partial charge is 0.191 e. The zero-order chi connectivity index (χ0) is 19.8. The Morgan fingerprint density at radius 3 is 2.66 bits per heavy atom. The van der Waals surface area contributed by atoms with E-state index in [-0.39, 0.29) is 30.1 Å². The van der Waals surface area contributed by atoms with Crippen LogP contribution in [0.1, 0.15) is 48.9 Å². The average molecular weight is 530 g/mol. The Balaban J connectivity index is 0.00000300. The molecule has 2 aromatic rings. The number of aromatic nitrogens is 1. The van der Waals surface area contributed by atoms with Gasteiger partial charge in [-0.05, 0) is 38.2 Å². The monoisotopic (exact) mass is 530 g/mol. The minimum absolute atomic E-state index is 0. The number of aliphatic imine (C=N–C) groups is 1. The number of aryl methyl sites for hydroxylation is 1. The van der Waals surface area contributed by atoms with Crippen molar-refractivity contribution in [1.82, 2.24) is 15.6 Å². The Morgan fingerprint density at radius 2 is 2.00 bits per heavy atom. The van der Waals surface area contributed by atoms with Gasteiger partial charge in [-0.15, -0.1) is 35.3 Å². The predicted molar refractivity (Wildman–Crippen MR) is 130 cm³/mol. The summed E-state index contributed by atoms with van der Waals surface area (Å²) in [5, 5.41) is 9.95. The van der Waals surface area contributed by atoms with E-state index in [0.717, 1.165) is 53.0 Å². The summed E-state index contributed by atoms with van der Waals surface area (Å²) >= 11 is 1.70. The van der Waals surface area contributed by atoms with Gasteiger partial charge in [0.2, 0.25) is 0 Å². The fourth-order valence-electron chi connectivity index (χ4n) is 3.33. The molecule has 160 valence electrons. The van der Waals surface area contributed by atoms with Gasteiger partial charge in [-0.1, -0.05) is 19.1 Å². The molecular formula is C21H31IN4O2S. The van der Waals surface area contributed by atoms with Gasteiger partial charge in [0.05, 0.1) is 30.5 Å². The molecule has 0 unspecified atom stereocenters. The number of benzene rings is 1. The van der Waals surface area contributed by atoms with Gasteiger partial charge in [0.25, 0.3) is 0 Å². The van der Waals surface area contributed by atoms with Crippen molar-refractivity contribution >= 4 is 41.3 Å². The molecule has 1 aliphatic rings. The van der Waals surface area contributed by atoms with Gasteiger partial charge in [0.15, 0.2) is 17.5 Å². The van der Waals surface area contributed by atoms with Crippen molar-refractivity contribution in [3.05, 3.63) is 39.8 Å². The molecule has 0 radical (unpaired) electrons. The molecule has 0 bridgehead atoms. The maximum absolute atomic E-state index is 6.30. The van der Waals surface area contributed by atoms with Crippen LogP contribution in [-0.4, -0.2) is 31.2 Å². The second-order valence-electron chi connectivity index (χ2n) is 6.84. The number of rotatable bonds is 8. The van der Waals surface area contributed by atoms with Crippen molar-refractivity contribution in [2.75, 3.05) is 14.2 Å². The van der Waals surface area contributed by atoms with Gasteiger partial charge in [-0.2, -0.15) is 0 Å². The number of ether oxygens (including phenoxy) is 2. The summed E-state index contributed by atoms with van der Waals surface area (Å²) in [6.07, 6.45) is 5.95. The molecule has 29 heavy (non-hydrogen) atoms. The van der Waals surface area contributed by atoms with Gasteiger partial charge in [0.1, 0.15) is 0 Å². The minimum Gasteiger partial charge on any atom is -0.493 e. The number of hydrogen-bond acceptors (Lipinski definition) is 5. The first-order chi connectivity index (χ1) is 13.7. The first-order valence-electron chi connectivity index (χ1n) is 9.93. The topological polar surface area (TPSA) is 67.8 Å². The van der Waals surface area contributed by atoms with Crippen LogP contribution >= 0.6 is 35.3 Å². The number of methoxy groups -OCH3 is 1. The molecule has 6 nitrogen and oxygen atoms in total. The second kappa shape index (κ2) is 12.2. The lowest BCUT2D eigenvalue weighted by Gasteiger charge is -2.20. The van der Waals surface area contributed by atoms with Crippen LogP contribution in [-0.2, 0) is 19.5 Å². The lowest BCUT2D eigenvalue weighted by atomic mass is 10.1. The van der Waals surface area contributed by atoms with Crippen LogP contribution in [0.5, 0.6) is 11.5 Å². The van der Waals surface area contributed by atoms with Crippen molar-refractivity contribution in [2.45, 2.75) is 58.2 Å². The van der Waals surface area contributed by atoms with Gasteiger partial charge in [0, 0.05) is 24.5 Å². The van der Waals surface area contributed by atoms with Crippen LogP contribution in [0.2, 0.25) is 0 Å². The Bertz CT molecular complexity index is 791. The second-order valence-corrected chi connectivity index (χ2v) is 7.78. The summed E-state index contributed by atoms with van der Waals surface area (Å²) in [6, 6.07) is 6.02. The number of nitrogens with zero attached hydrogens (tertiary/aromatic N) is 2. The number of thiazole rings is 1. The standard InChI is InChI=1S/C21H30N4O2S.HI/c1-4-19-25-16(14-28-19)13-24-21(22-2)23-12-15-8-7-11-18(26-3)20(15)27-17-9-5-6-10-17;/h7-8,11,14,17H,4-6,9-10,12-13H2,1-3H3,(H2,22,23,24);1H. The van der Waals surface area contributed by atoms with E-state index in [1.165, 1.54) is 12.8 Å². The van der Waals surface area contributed by atoms with Crippen LogP contribution in [0.4, 0.5) is 0 Å². The molecule has 1 aliphatic carbocycles. The summed E-state index contributed by atoms with van der Waals surface area (Å²) in [5.74, 6) is 2.36. The molecule has 2 N–H and O–H groups in total. The number of para-hydroxylation sites is 1. The molecule has 8 heteroatoms. The molecule has 1 fully saturated rings. The lowest BCUT2D eigenvalue weighted by molar-refractivity contribution is 0.198. The van der Waals surface area contributed by atoms with E-state index < -0.39 is 0 Å². The summed E-state index contributed by atoms with van der Waals surface area (Å²) in [6.45, 7) is 3.38. The number of hydrogen-bond donors (Lipinski definition) is 2. The molecule has 0 amide bonds. The molecule has 0 spiro atoms. The Labute approximate surface area is 194 Å². The van der Waals surface area contributed by atoms with Crippen LogP contribution in [0, 0.1) is 0 Å². The largest absolute Gasteiger partial charge is 0.493 e. The van der Waals surface area contributed by atoms with E-state index >= 15 is 0 Å². The Kier molecular flexibility index (Phi) is 9.99. The van der Waals surface area contributed by atoms with Crippen molar-refractivity contribution in [3.63, 3.8) is 0 Å². The molecular weight excluding hydrogens is 499 g/mol. The van der Waals surface area contributed by atoms with E-state index in [9.17, 15) is 0 Å². The van der Waals surface area contributed by atoms with Crippen molar-refractivity contribution in [2.24, 2.45) is 4.99 Å². The highest BCUT2D eigenvalue weighted by molar-refractivity contribution is 14.0. The summed E-state index contributed by atoms with van der Waals surface area (Å²) < 4.78 is 11.8. The normalized spacial score (nSPS) is 14.4. The Morgan fingerprint density at radius 1 is 1.24 bits per heavy atom. The van der Waals surface area contributed by atoms with Crippen LogP contribution in [0.3, 0.4) is 0 Å². The fraction of sp³-hybridized carbons (Fsp3) is 0.524. The third-order valence-corrected chi connectivity index (χ3v) is 5.92. The number of halogens is 1. The molecule has 1 heterocycles. The minimum atomic E-state index is 0. The first-order valence-corrected chi connectivity index (χ1v) is 10.8. The van der Waals surface area contributed by atoms with E-state index in [2.05, 4.69) is 39.0 Å².